The summed E-state index contributed by atoms with van der Waals surface area (Å²) in [7, 11) is 1.35. The third kappa shape index (κ3) is 5.39. The molecule has 2 heterocycles. The number of carbonyl (C=O) groups is 2. The summed E-state index contributed by atoms with van der Waals surface area (Å²) < 4.78 is 43.5. The van der Waals surface area contributed by atoms with Crippen molar-refractivity contribution in [1.82, 2.24) is 9.97 Å². The van der Waals surface area contributed by atoms with Crippen molar-refractivity contribution in [1.29, 1.82) is 0 Å². The molecule has 0 radical (unpaired) electrons. The molecule has 0 unspecified atom stereocenters. The minimum Gasteiger partial charge on any atom is -0.466 e. The fourth-order valence-electron chi connectivity index (χ4n) is 3.87. The second-order valence-electron chi connectivity index (χ2n) is 8.10. The maximum Gasteiger partial charge on any atom is 0.417 e. The fourth-order valence-corrected chi connectivity index (χ4v) is 3.87. The molecule has 2 aromatic heterocycles. The first kappa shape index (κ1) is 23.4. The fraction of sp³-hybridized carbons (Fsp3) is 0.231. The molecule has 1 aliphatic carbocycles. The van der Waals surface area contributed by atoms with Crippen molar-refractivity contribution >= 4 is 17.8 Å². The first-order chi connectivity index (χ1) is 16.2. The van der Waals surface area contributed by atoms with E-state index in [-0.39, 0.29) is 18.0 Å². The van der Waals surface area contributed by atoms with Gasteiger partial charge in [-0.05, 0) is 53.3 Å². The van der Waals surface area contributed by atoms with Crippen molar-refractivity contribution in [3.8, 4) is 0 Å². The monoisotopic (exact) mass is 466 g/mol. The van der Waals surface area contributed by atoms with Crippen LogP contribution >= 0.6 is 0 Å². The molecule has 4 rings (SSSR count). The molecule has 0 atom stereocenters. The van der Waals surface area contributed by atoms with Crippen molar-refractivity contribution < 1.29 is 27.5 Å². The van der Waals surface area contributed by atoms with Gasteiger partial charge in [0.15, 0.2) is 5.78 Å². The molecule has 1 aliphatic rings. The number of carbonyl (C=O) groups excluding carboxylic acids is 2. The molecular formula is C26H21F3N2O3. The van der Waals surface area contributed by atoms with Gasteiger partial charge in [-0.15, -0.1) is 0 Å². The van der Waals surface area contributed by atoms with Crippen molar-refractivity contribution in [2.24, 2.45) is 0 Å². The molecule has 34 heavy (non-hydrogen) atoms. The van der Waals surface area contributed by atoms with E-state index in [1.165, 1.54) is 7.11 Å². The van der Waals surface area contributed by atoms with Gasteiger partial charge in [0.1, 0.15) is 0 Å². The van der Waals surface area contributed by atoms with Gasteiger partial charge in [0.25, 0.3) is 0 Å². The lowest BCUT2D eigenvalue weighted by molar-refractivity contribution is -0.138. The number of esters is 1. The minimum atomic E-state index is -4.55. The Balaban J connectivity index is 1.41. The van der Waals surface area contributed by atoms with Gasteiger partial charge in [-0.25, -0.2) is 4.79 Å². The lowest BCUT2D eigenvalue weighted by Crippen LogP contribution is -2.10. The van der Waals surface area contributed by atoms with E-state index in [2.05, 4.69) is 9.97 Å². The smallest absolute Gasteiger partial charge is 0.417 e. The first-order valence-electron chi connectivity index (χ1n) is 10.6. The van der Waals surface area contributed by atoms with Crippen molar-refractivity contribution in [2.45, 2.75) is 31.9 Å². The Bertz CT molecular complexity index is 1280. The number of methoxy groups -OCH3 is 1. The largest absolute Gasteiger partial charge is 0.466 e. The molecule has 8 heteroatoms. The average molecular weight is 466 g/mol. The molecule has 174 valence electrons. The van der Waals surface area contributed by atoms with E-state index in [0.29, 0.717) is 31.0 Å². The minimum absolute atomic E-state index is 0.0155. The van der Waals surface area contributed by atoms with Gasteiger partial charge in [-0.1, -0.05) is 24.3 Å². The molecule has 1 aromatic carbocycles. The number of benzene rings is 1. The van der Waals surface area contributed by atoms with Crippen LogP contribution in [0.1, 0.15) is 43.9 Å². The Labute approximate surface area is 194 Å². The van der Waals surface area contributed by atoms with Gasteiger partial charge in [0, 0.05) is 42.6 Å². The molecular weight excluding hydrogens is 445 g/mol. The number of rotatable bonds is 7. The number of hydrogen-bond donors (Lipinski definition) is 0. The van der Waals surface area contributed by atoms with Crippen LogP contribution in [-0.2, 0) is 41.4 Å². The maximum atomic E-state index is 12.9. The second-order valence-corrected chi connectivity index (χ2v) is 8.10. The summed E-state index contributed by atoms with van der Waals surface area (Å²) in [5.74, 6) is -0.779. The van der Waals surface area contributed by atoms with Gasteiger partial charge in [-0.2, -0.15) is 13.2 Å². The third-order valence-electron chi connectivity index (χ3n) is 5.64. The van der Waals surface area contributed by atoms with Crippen LogP contribution in [0.2, 0.25) is 0 Å². The summed E-state index contributed by atoms with van der Waals surface area (Å²) in [6.45, 7) is 0. The van der Waals surface area contributed by atoms with Crippen LogP contribution in [0.4, 0.5) is 13.2 Å². The van der Waals surface area contributed by atoms with Gasteiger partial charge >= 0.3 is 12.1 Å². The first-order valence-corrected chi connectivity index (χ1v) is 10.6. The number of aromatic nitrogens is 2. The molecule has 0 N–H and O–H groups in total. The van der Waals surface area contributed by atoms with Gasteiger partial charge in [0.05, 0.1) is 18.4 Å². The Morgan fingerprint density at radius 2 is 1.76 bits per heavy atom. The van der Waals surface area contributed by atoms with Crippen molar-refractivity contribution in [3.63, 3.8) is 0 Å². The number of fused-ring (bicyclic) bond motifs is 1. The summed E-state index contributed by atoms with van der Waals surface area (Å²) in [5, 5.41) is 0. The highest BCUT2D eigenvalue weighted by Crippen LogP contribution is 2.29. The summed E-state index contributed by atoms with van der Waals surface area (Å²) in [5.41, 5.74) is 4.05. The van der Waals surface area contributed by atoms with Crippen LogP contribution in [0.5, 0.6) is 0 Å². The predicted molar refractivity (Wildman–Crippen MR) is 119 cm³/mol. The lowest BCUT2D eigenvalue weighted by atomic mass is 9.98. The highest BCUT2D eigenvalue weighted by Gasteiger charge is 2.31. The van der Waals surface area contributed by atoms with Crippen LogP contribution in [0.25, 0.3) is 6.08 Å². The number of nitrogens with zero attached hydrogens (tertiary/aromatic N) is 2. The summed E-state index contributed by atoms with van der Waals surface area (Å²) in [4.78, 5) is 32.3. The SMILES string of the molecule is COC(=O)C1=Cc2cc(CCc3cccc(CC(=O)c4cncc(C(F)(F)F)c4)c3)cnc2C1. The molecule has 0 amide bonds. The zero-order valence-electron chi connectivity index (χ0n) is 18.4. The number of alkyl halides is 3. The second kappa shape index (κ2) is 9.59. The van der Waals surface area contributed by atoms with Gasteiger partial charge < -0.3 is 4.74 Å². The standard InChI is InChI=1S/C26H21F3N2O3/c1-34-25(33)20-10-19-8-18(13-31-23(19)12-20)6-5-16-3-2-4-17(7-16)9-24(32)21-11-22(15-30-14-21)26(27,28)29/h2-4,7-8,10-11,13-15H,5-6,9,12H2,1H3. The zero-order chi connectivity index (χ0) is 24.3. The normalized spacial score (nSPS) is 12.8. The van der Waals surface area contributed by atoms with Crippen molar-refractivity contribution in [2.75, 3.05) is 7.11 Å². The van der Waals surface area contributed by atoms with Gasteiger partial charge in [0.2, 0.25) is 0 Å². The molecule has 3 aromatic rings. The summed E-state index contributed by atoms with van der Waals surface area (Å²) >= 11 is 0. The Morgan fingerprint density at radius 1 is 1.00 bits per heavy atom. The lowest BCUT2D eigenvalue weighted by Gasteiger charge is -2.09. The zero-order valence-corrected chi connectivity index (χ0v) is 18.4. The molecule has 0 spiro atoms. The number of pyridine rings is 2. The van der Waals surface area contributed by atoms with Crippen LogP contribution in [0, 0.1) is 0 Å². The quantitative estimate of drug-likeness (QED) is 0.369. The number of hydrogen-bond acceptors (Lipinski definition) is 5. The average Bonchev–Trinajstić information content (AvgIpc) is 3.25. The number of Topliss-reactive ketones (excluding diaryl/α,β-unsaturated/α-hetero) is 1. The molecule has 5 nitrogen and oxygen atoms in total. The topological polar surface area (TPSA) is 69.2 Å². The highest BCUT2D eigenvalue weighted by molar-refractivity contribution is 5.97. The molecule has 0 saturated carbocycles. The molecule has 0 aliphatic heterocycles. The van der Waals surface area contributed by atoms with Crippen LogP contribution < -0.4 is 0 Å². The summed E-state index contributed by atoms with van der Waals surface area (Å²) in [6, 6.07) is 10.3. The Morgan fingerprint density at radius 3 is 2.53 bits per heavy atom. The number of halogens is 3. The van der Waals surface area contributed by atoms with Gasteiger partial charge in [-0.3, -0.25) is 14.8 Å². The highest BCUT2D eigenvalue weighted by atomic mass is 19.4. The van der Waals surface area contributed by atoms with E-state index in [9.17, 15) is 22.8 Å². The maximum absolute atomic E-state index is 12.9. The molecule has 0 bridgehead atoms. The van der Waals surface area contributed by atoms with E-state index in [0.717, 1.165) is 40.2 Å². The Kier molecular flexibility index (Phi) is 6.58. The van der Waals surface area contributed by atoms with E-state index < -0.39 is 17.5 Å². The van der Waals surface area contributed by atoms with Crippen LogP contribution in [0.3, 0.4) is 0 Å². The van der Waals surface area contributed by atoms with E-state index >= 15 is 0 Å². The van der Waals surface area contributed by atoms with Crippen LogP contribution in [0.15, 0.2) is 60.6 Å². The van der Waals surface area contributed by atoms with E-state index in [1.807, 2.05) is 24.3 Å². The number of ether oxygens (including phenoxy) is 1. The van der Waals surface area contributed by atoms with Crippen molar-refractivity contribution in [3.05, 3.63) is 99.6 Å². The van der Waals surface area contributed by atoms with E-state index in [1.54, 1.807) is 18.3 Å². The summed E-state index contributed by atoms with van der Waals surface area (Å²) in [6.07, 6.45) is 2.75. The van der Waals surface area contributed by atoms with E-state index in [4.69, 9.17) is 4.74 Å². The third-order valence-corrected chi connectivity index (χ3v) is 5.64. The number of ketones is 1. The molecule has 0 fully saturated rings. The number of aryl methyl sites for hydroxylation is 2. The molecule has 0 saturated heterocycles. The van der Waals surface area contributed by atoms with Crippen LogP contribution in [-0.4, -0.2) is 28.8 Å². The Hall–Kier alpha value is -3.81. The predicted octanol–water partition coefficient (Wildman–Crippen LogP) is 4.82.